The maximum absolute atomic E-state index is 12.9. The summed E-state index contributed by atoms with van der Waals surface area (Å²) >= 11 is 0. The van der Waals surface area contributed by atoms with E-state index in [4.69, 9.17) is 5.11 Å². The van der Waals surface area contributed by atoms with E-state index in [1.54, 1.807) is 6.92 Å². The second-order valence-corrected chi connectivity index (χ2v) is 4.58. The Morgan fingerprint density at radius 3 is 2.50 bits per heavy atom. The van der Waals surface area contributed by atoms with E-state index in [-0.39, 0.29) is 11.7 Å². The molecule has 4 nitrogen and oxygen atoms in total. The number of anilines is 1. The Kier molecular flexibility index (Phi) is 3.32. The van der Waals surface area contributed by atoms with Crippen LogP contribution in [0.15, 0.2) is 18.2 Å². The van der Waals surface area contributed by atoms with Gasteiger partial charge in [0.15, 0.2) is 0 Å². The van der Waals surface area contributed by atoms with E-state index in [0.29, 0.717) is 24.1 Å². The minimum absolute atomic E-state index is 0.302. The summed E-state index contributed by atoms with van der Waals surface area (Å²) in [5, 5.41) is 11.5. The van der Waals surface area contributed by atoms with Crippen molar-refractivity contribution in [2.45, 2.75) is 19.8 Å². The van der Waals surface area contributed by atoms with Crippen LogP contribution >= 0.6 is 0 Å². The fourth-order valence-corrected chi connectivity index (χ4v) is 2.10. The lowest BCUT2D eigenvalue weighted by molar-refractivity contribution is -0.151. The first kappa shape index (κ1) is 12.5. The van der Waals surface area contributed by atoms with Crippen molar-refractivity contribution in [3.63, 3.8) is 0 Å². The highest BCUT2D eigenvalue weighted by molar-refractivity contribution is 5.96. The molecular weight excluding hydrogens is 237 g/mol. The molecule has 5 heteroatoms. The van der Waals surface area contributed by atoms with Crippen LogP contribution in [0.2, 0.25) is 0 Å². The molecule has 0 saturated heterocycles. The van der Waals surface area contributed by atoms with Crippen LogP contribution in [-0.4, -0.2) is 17.0 Å². The van der Waals surface area contributed by atoms with Crippen molar-refractivity contribution in [3.8, 4) is 0 Å². The standard InChI is InChI=1S/C13H14FNO3/c1-7-6-8(14)2-5-11(7)15-12(16)9-3-4-10(9)13(17)18/h2,5-6,9-10H,3-4H2,1H3,(H,15,16)(H,17,18). The third-order valence-electron chi connectivity index (χ3n) is 3.37. The lowest BCUT2D eigenvalue weighted by atomic mass is 9.73. The normalized spacial score (nSPS) is 22.1. The highest BCUT2D eigenvalue weighted by atomic mass is 19.1. The van der Waals surface area contributed by atoms with Gasteiger partial charge in [-0.25, -0.2) is 4.39 Å². The molecule has 2 unspecified atom stereocenters. The Morgan fingerprint density at radius 1 is 1.33 bits per heavy atom. The summed E-state index contributed by atoms with van der Waals surface area (Å²) in [7, 11) is 0. The third-order valence-corrected chi connectivity index (χ3v) is 3.37. The summed E-state index contributed by atoms with van der Waals surface area (Å²) in [6.07, 6.45) is 1.12. The van der Waals surface area contributed by atoms with Crippen molar-refractivity contribution < 1.29 is 19.1 Å². The van der Waals surface area contributed by atoms with Gasteiger partial charge in [0.1, 0.15) is 5.82 Å². The van der Waals surface area contributed by atoms with Crippen molar-refractivity contribution in [1.29, 1.82) is 0 Å². The Balaban J connectivity index is 2.05. The van der Waals surface area contributed by atoms with E-state index in [0.717, 1.165) is 0 Å². The smallest absolute Gasteiger partial charge is 0.307 e. The number of hydrogen-bond donors (Lipinski definition) is 2. The molecule has 1 fully saturated rings. The molecule has 2 atom stereocenters. The van der Waals surface area contributed by atoms with Gasteiger partial charge in [0.25, 0.3) is 0 Å². The number of carboxylic acids is 1. The molecule has 0 spiro atoms. The molecule has 0 aromatic heterocycles. The SMILES string of the molecule is Cc1cc(F)ccc1NC(=O)C1CCC1C(=O)O. The minimum Gasteiger partial charge on any atom is -0.481 e. The van der Waals surface area contributed by atoms with Gasteiger partial charge in [-0.15, -0.1) is 0 Å². The highest BCUT2D eigenvalue weighted by Gasteiger charge is 2.41. The van der Waals surface area contributed by atoms with Gasteiger partial charge in [-0.1, -0.05) is 0 Å². The van der Waals surface area contributed by atoms with Crippen molar-refractivity contribution in [1.82, 2.24) is 0 Å². The van der Waals surface area contributed by atoms with Gasteiger partial charge < -0.3 is 10.4 Å². The van der Waals surface area contributed by atoms with Crippen LogP contribution < -0.4 is 5.32 Å². The van der Waals surface area contributed by atoms with E-state index in [1.807, 2.05) is 0 Å². The van der Waals surface area contributed by atoms with E-state index >= 15 is 0 Å². The minimum atomic E-state index is -0.933. The van der Waals surface area contributed by atoms with Crippen LogP contribution in [0.5, 0.6) is 0 Å². The predicted octanol–water partition coefficient (Wildman–Crippen LogP) is 2.18. The zero-order valence-electron chi connectivity index (χ0n) is 9.94. The van der Waals surface area contributed by atoms with Crippen LogP contribution in [-0.2, 0) is 9.59 Å². The zero-order chi connectivity index (χ0) is 13.3. The third kappa shape index (κ3) is 2.34. The first-order chi connectivity index (χ1) is 8.49. The van der Waals surface area contributed by atoms with Crippen LogP contribution in [0.1, 0.15) is 18.4 Å². The summed E-state index contributed by atoms with van der Waals surface area (Å²) < 4.78 is 12.9. The number of nitrogens with one attached hydrogen (secondary N) is 1. The van der Waals surface area contributed by atoms with Gasteiger partial charge in [0.2, 0.25) is 5.91 Å². The fourth-order valence-electron chi connectivity index (χ4n) is 2.10. The largest absolute Gasteiger partial charge is 0.481 e. The molecule has 1 saturated carbocycles. The molecule has 0 aliphatic heterocycles. The molecule has 1 aliphatic carbocycles. The van der Waals surface area contributed by atoms with Gasteiger partial charge in [0.05, 0.1) is 11.8 Å². The molecule has 2 N–H and O–H groups in total. The quantitative estimate of drug-likeness (QED) is 0.865. The fraction of sp³-hybridized carbons (Fsp3) is 0.385. The second kappa shape index (κ2) is 4.76. The number of carbonyl (C=O) groups is 2. The molecule has 1 aromatic rings. The van der Waals surface area contributed by atoms with E-state index < -0.39 is 17.8 Å². The van der Waals surface area contributed by atoms with Crippen LogP contribution in [0.3, 0.4) is 0 Å². The maximum atomic E-state index is 12.9. The molecule has 1 aliphatic rings. The van der Waals surface area contributed by atoms with Gasteiger partial charge >= 0.3 is 5.97 Å². The molecule has 18 heavy (non-hydrogen) atoms. The van der Waals surface area contributed by atoms with Crippen LogP contribution in [0.25, 0.3) is 0 Å². The number of halogens is 1. The lowest BCUT2D eigenvalue weighted by Crippen LogP contribution is -2.41. The summed E-state index contributed by atoms with van der Waals surface area (Å²) in [6.45, 7) is 1.69. The van der Waals surface area contributed by atoms with E-state index in [1.165, 1.54) is 18.2 Å². The monoisotopic (exact) mass is 251 g/mol. The van der Waals surface area contributed by atoms with Crippen molar-refractivity contribution in [3.05, 3.63) is 29.6 Å². The average molecular weight is 251 g/mol. The number of hydrogen-bond acceptors (Lipinski definition) is 2. The number of benzene rings is 1. The predicted molar refractivity (Wildman–Crippen MR) is 63.6 cm³/mol. The summed E-state index contributed by atoms with van der Waals surface area (Å²) in [6, 6.07) is 4.07. The van der Waals surface area contributed by atoms with Gasteiger partial charge in [-0.2, -0.15) is 0 Å². The van der Waals surface area contributed by atoms with Crippen molar-refractivity contribution in [2.24, 2.45) is 11.8 Å². The zero-order valence-corrected chi connectivity index (χ0v) is 9.94. The Hall–Kier alpha value is -1.91. The van der Waals surface area contributed by atoms with Gasteiger partial charge in [0, 0.05) is 5.69 Å². The summed E-state index contributed by atoms with van der Waals surface area (Å²) in [5.41, 5.74) is 1.15. The number of amides is 1. The molecule has 0 bridgehead atoms. The van der Waals surface area contributed by atoms with E-state index in [2.05, 4.69) is 5.32 Å². The highest BCUT2D eigenvalue weighted by Crippen LogP contribution is 2.35. The topological polar surface area (TPSA) is 66.4 Å². The number of aliphatic carboxylic acids is 1. The molecule has 2 rings (SSSR count). The van der Waals surface area contributed by atoms with Crippen LogP contribution in [0, 0.1) is 24.6 Å². The molecule has 1 amide bonds. The lowest BCUT2D eigenvalue weighted by Gasteiger charge is -2.32. The van der Waals surface area contributed by atoms with Crippen molar-refractivity contribution >= 4 is 17.6 Å². The van der Waals surface area contributed by atoms with Crippen molar-refractivity contribution in [2.75, 3.05) is 5.32 Å². The number of aryl methyl sites for hydroxylation is 1. The number of rotatable bonds is 3. The maximum Gasteiger partial charge on any atom is 0.307 e. The molecule has 0 heterocycles. The van der Waals surface area contributed by atoms with Gasteiger partial charge in [-0.05, 0) is 43.5 Å². The Morgan fingerprint density at radius 2 is 2.00 bits per heavy atom. The Bertz CT molecular complexity index is 501. The molecule has 96 valence electrons. The van der Waals surface area contributed by atoms with E-state index in [9.17, 15) is 14.0 Å². The Labute approximate surface area is 104 Å². The number of carbonyl (C=O) groups excluding carboxylic acids is 1. The first-order valence-electron chi connectivity index (χ1n) is 5.79. The van der Waals surface area contributed by atoms with Gasteiger partial charge in [-0.3, -0.25) is 9.59 Å². The first-order valence-corrected chi connectivity index (χ1v) is 5.79. The molecule has 1 aromatic carbocycles. The summed E-state index contributed by atoms with van der Waals surface area (Å²) in [5.74, 6) is -2.67. The average Bonchev–Trinajstić information content (AvgIpc) is 2.19. The molecule has 0 radical (unpaired) electrons. The molecular formula is C13H14FNO3. The summed E-state index contributed by atoms with van der Waals surface area (Å²) in [4.78, 5) is 22.7. The number of carboxylic acid groups (broad SMARTS) is 1. The van der Waals surface area contributed by atoms with Crippen LogP contribution in [0.4, 0.5) is 10.1 Å². The second-order valence-electron chi connectivity index (χ2n) is 4.58.